The van der Waals surface area contributed by atoms with Crippen LogP contribution in [0.5, 0.6) is 0 Å². The van der Waals surface area contributed by atoms with E-state index in [1.54, 1.807) is 6.20 Å². The summed E-state index contributed by atoms with van der Waals surface area (Å²) in [6, 6.07) is 11.4. The number of aryl methyl sites for hydroxylation is 2. The topological polar surface area (TPSA) is 63.9 Å². The molecule has 4 rings (SSSR count). The Morgan fingerprint density at radius 2 is 2.00 bits per heavy atom. The Hall–Kier alpha value is -3.02. The van der Waals surface area contributed by atoms with Crippen LogP contribution in [0, 0.1) is 6.92 Å². The number of benzene rings is 1. The van der Waals surface area contributed by atoms with Crippen molar-refractivity contribution in [3.05, 3.63) is 65.9 Å². The Bertz CT molecular complexity index is 950. The summed E-state index contributed by atoms with van der Waals surface area (Å²) in [6.45, 7) is 3.41. The van der Waals surface area contributed by atoms with Gasteiger partial charge in [-0.15, -0.1) is 0 Å². The molecule has 1 amide bonds. The lowest BCUT2D eigenvalue weighted by Crippen LogP contribution is -2.39. The predicted octanol–water partition coefficient (Wildman–Crippen LogP) is 3.21. The first-order valence-electron chi connectivity index (χ1n) is 9.29. The van der Waals surface area contributed by atoms with E-state index in [4.69, 9.17) is 4.98 Å². The summed E-state index contributed by atoms with van der Waals surface area (Å²) in [4.78, 5) is 28.6. The standard InChI is InChI=1S/C21H23N5O/c1-15-13-18(20-22-10-12-25(20)2)24-19(23-15)17-9-6-11-26(14-17)21(27)16-7-4-3-5-8-16/h3-5,7-8,10,12-13,17H,6,9,11,14H2,1-2H3/t17-/m0/s1. The molecular formula is C21H23N5O. The number of hydrogen-bond acceptors (Lipinski definition) is 4. The molecule has 1 aliphatic heterocycles. The number of piperidine rings is 1. The minimum atomic E-state index is 0.0808. The van der Waals surface area contributed by atoms with Crippen LogP contribution in [-0.2, 0) is 7.05 Å². The van der Waals surface area contributed by atoms with Crippen LogP contribution in [0.4, 0.5) is 0 Å². The van der Waals surface area contributed by atoms with Gasteiger partial charge in [0.15, 0.2) is 5.82 Å². The smallest absolute Gasteiger partial charge is 0.253 e. The molecule has 0 unspecified atom stereocenters. The molecule has 1 fully saturated rings. The van der Waals surface area contributed by atoms with Crippen molar-refractivity contribution in [2.24, 2.45) is 7.05 Å². The summed E-state index contributed by atoms with van der Waals surface area (Å²) in [6.07, 6.45) is 5.63. The summed E-state index contributed by atoms with van der Waals surface area (Å²) < 4.78 is 1.96. The Kier molecular flexibility index (Phi) is 4.71. The third-order valence-corrected chi connectivity index (χ3v) is 5.02. The van der Waals surface area contributed by atoms with Gasteiger partial charge in [0.1, 0.15) is 11.5 Å². The van der Waals surface area contributed by atoms with Crippen LogP contribution in [0.3, 0.4) is 0 Å². The van der Waals surface area contributed by atoms with Crippen LogP contribution < -0.4 is 0 Å². The van der Waals surface area contributed by atoms with Crippen molar-refractivity contribution in [3.8, 4) is 11.5 Å². The van der Waals surface area contributed by atoms with Gasteiger partial charge >= 0.3 is 0 Å². The molecule has 0 saturated carbocycles. The molecule has 138 valence electrons. The van der Waals surface area contributed by atoms with Crippen LogP contribution >= 0.6 is 0 Å². The van der Waals surface area contributed by atoms with Gasteiger partial charge in [0.05, 0.1) is 0 Å². The van der Waals surface area contributed by atoms with Crippen molar-refractivity contribution < 1.29 is 4.79 Å². The molecule has 0 spiro atoms. The highest BCUT2D eigenvalue weighted by atomic mass is 16.2. The van der Waals surface area contributed by atoms with Crippen molar-refractivity contribution in [3.63, 3.8) is 0 Å². The van der Waals surface area contributed by atoms with Gasteiger partial charge in [-0.3, -0.25) is 4.79 Å². The van der Waals surface area contributed by atoms with E-state index in [0.29, 0.717) is 6.54 Å². The summed E-state index contributed by atoms with van der Waals surface area (Å²) in [5, 5.41) is 0. The molecular weight excluding hydrogens is 338 g/mol. The van der Waals surface area contributed by atoms with Crippen LogP contribution in [0.1, 0.15) is 40.6 Å². The number of nitrogens with zero attached hydrogens (tertiary/aromatic N) is 5. The lowest BCUT2D eigenvalue weighted by atomic mass is 9.96. The number of imidazole rings is 1. The minimum absolute atomic E-state index is 0.0808. The van der Waals surface area contributed by atoms with Crippen molar-refractivity contribution >= 4 is 5.91 Å². The van der Waals surface area contributed by atoms with E-state index < -0.39 is 0 Å². The number of rotatable bonds is 3. The van der Waals surface area contributed by atoms with Gasteiger partial charge in [-0.25, -0.2) is 15.0 Å². The van der Waals surface area contributed by atoms with Crippen LogP contribution in [0.25, 0.3) is 11.5 Å². The van der Waals surface area contributed by atoms with E-state index in [9.17, 15) is 4.79 Å². The molecule has 0 radical (unpaired) electrons. The van der Waals surface area contributed by atoms with Crippen LogP contribution in [0.2, 0.25) is 0 Å². The van der Waals surface area contributed by atoms with E-state index in [0.717, 1.165) is 48.0 Å². The van der Waals surface area contributed by atoms with Crippen LogP contribution in [0.15, 0.2) is 48.8 Å². The minimum Gasteiger partial charge on any atom is -0.338 e. The monoisotopic (exact) mass is 361 g/mol. The Morgan fingerprint density at radius 1 is 1.19 bits per heavy atom. The number of likely N-dealkylation sites (tertiary alicyclic amines) is 1. The first kappa shape index (κ1) is 17.4. The lowest BCUT2D eigenvalue weighted by molar-refractivity contribution is 0.0704. The van der Waals surface area contributed by atoms with Crippen LogP contribution in [-0.4, -0.2) is 43.4 Å². The number of hydrogen-bond donors (Lipinski definition) is 0. The highest BCUT2D eigenvalue weighted by molar-refractivity contribution is 5.94. The average molecular weight is 361 g/mol. The number of amides is 1. The average Bonchev–Trinajstić information content (AvgIpc) is 3.14. The Balaban J connectivity index is 1.59. The van der Waals surface area contributed by atoms with Gasteiger partial charge in [0, 0.05) is 49.7 Å². The zero-order chi connectivity index (χ0) is 18.8. The highest BCUT2D eigenvalue weighted by Gasteiger charge is 2.27. The second-order valence-electron chi connectivity index (χ2n) is 7.07. The largest absolute Gasteiger partial charge is 0.338 e. The van der Waals surface area contributed by atoms with Gasteiger partial charge in [0.25, 0.3) is 5.91 Å². The summed E-state index contributed by atoms with van der Waals surface area (Å²) in [7, 11) is 1.96. The number of carbonyl (C=O) groups is 1. The second-order valence-corrected chi connectivity index (χ2v) is 7.07. The molecule has 3 heterocycles. The molecule has 3 aromatic rings. The molecule has 1 saturated heterocycles. The van der Waals surface area contributed by atoms with Gasteiger partial charge in [-0.05, 0) is 38.0 Å². The van der Waals surface area contributed by atoms with E-state index >= 15 is 0 Å². The zero-order valence-corrected chi connectivity index (χ0v) is 15.7. The summed E-state index contributed by atoms with van der Waals surface area (Å²) >= 11 is 0. The second kappa shape index (κ2) is 7.31. The van der Waals surface area contributed by atoms with Crippen molar-refractivity contribution in [2.45, 2.75) is 25.7 Å². The van der Waals surface area contributed by atoms with Gasteiger partial charge in [0.2, 0.25) is 0 Å². The maximum atomic E-state index is 12.8. The summed E-state index contributed by atoms with van der Waals surface area (Å²) in [5.74, 6) is 1.86. The Morgan fingerprint density at radius 3 is 2.74 bits per heavy atom. The first-order chi connectivity index (χ1) is 13.1. The number of aromatic nitrogens is 4. The maximum Gasteiger partial charge on any atom is 0.253 e. The molecule has 1 atom stereocenters. The predicted molar refractivity (Wildman–Crippen MR) is 103 cm³/mol. The maximum absolute atomic E-state index is 12.8. The fourth-order valence-corrected chi connectivity index (χ4v) is 3.64. The summed E-state index contributed by atoms with van der Waals surface area (Å²) in [5.41, 5.74) is 2.48. The van der Waals surface area contributed by atoms with Gasteiger partial charge in [-0.2, -0.15) is 0 Å². The van der Waals surface area contributed by atoms with Crippen molar-refractivity contribution in [2.75, 3.05) is 13.1 Å². The Labute approximate surface area is 158 Å². The van der Waals surface area contributed by atoms with Crippen molar-refractivity contribution in [1.82, 2.24) is 24.4 Å². The molecule has 0 N–H and O–H groups in total. The van der Waals surface area contributed by atoms with E-state index in [-0.39, 0.29) is 11.8 Å². The zero-order valence-electron chi connectivity index (χ0n) is 15.7. The van der Waals surface area contributed by atoms with E-state index in [1.165, 1.54) is 0 Å². The fourth-order valence-electron chi connectivity index (χ4n) is 3.64. The third-order valence-electron chi connectivity index (χ3n) is 5.02. The molecule has 1 aromatic carbocycles. The molecule has 6 nitrogen and oxygen atoms in total. The third kappa shape index (κ3) is 3.60. The molecule has 27 heavy (non-hydrogen) atoms. The highest BCUT2D eigenvalue weighted by Crippen LogP contribution is 2.27. The molecule has 6 heteroatoms. The normalized spacial score (nSPS) is 17.1. The molecule has 0 bridgehead atoms. The fraction of sp³-hybridized carbons (Fsp3) is 0.333. The SMILES string of the molecule is Cc1cc(-c2nccn2C)nc([C@H]2CCCN(C(=O)c3ccccc3)C2)n1. The molecule has 2 aromatic heterocycles. The molecule has 1 aliphatic rings. The number of carbonyl (C=O) groups excluding carboxylic acids is 1. The van der Waals surface area contributed by atoms with E-state index in [1.807, 2.05) is 66.0 Å². The molecule has 0 aliphatic carbocycles. The first-order valence-corrected chi connectivity index (χ1v) is 9.29. The van der Waals surface area contributed by atoms with Gasteiger partial charge < -0.3 is 9.47 Å². The lowest BCUT2D eigenvalue weighted by Gasteiger charge is -2.32. The van der Waals surface area contributed by atoms with E-state index in [2.05, 4.69) is 9.97 Å². The quantitative estimate of drug-likeness (QED) is 0.719. The van der Waals surface area contributed by atoms with Gasteiger partial charge in [-0.1, -0.05) is 18.2 Å². The van der Waals surface area contributed by atoms with Crippen molar-refractivity contribution in [1.29, 1.82) is 0 Å².